The van der Waals surface area contributed by atoms with Crippen LogP contribution in [0.3, 0.4) is 0 Å². The SMILES string of the molecule is CN(C)c1ccc2c(S(=O)(=O)NCCCCCCO)cccc2c1. The maximum absolute atomic E-state index is 12.6. The molecule has 0 spiro atoms. The van der Waals surface area contributed by atoms with Gasteiger partial charge >= 0.3 is 0 Å². The number of hydrogen-bond donors (Lipinski definition) is 2. The minimum atomic E-state index is -3.53. The van der Waals surface area contributed by atoms with Crippen LogP contribution in [0.15, 0.2) is 41.3 Å². The monoisotopic (exact) mass is 350 g/mol. The number of rotatable bonds is 9. The number of benzene rings is 2. The van der Waals surface area contributed by atoms with Crippen molar-refractivity contribution in [2.75, 3.05) is 32.1 Å². The number of nitrogens with one attached hydrogen (secondary N) is 1. The standard InChI is InChI=1S/C18H26N2O3S/c1-20(2)16-10-11-17-15(14-16)8-7-9-18(17)24(22,23)19-12-5-3-4-6-13-21/h7-11,14,19,21H,3-6,12-13H2,1-2H3. The van der Waals surface area contributed by atoms with E-state index in [-0.39, 0.29) is 6.61 Å². The van der Waals surface area contributed by atoms with Crippen molar-refractivity contribution >= 4 is 26.5 Å². The van der Waals surface area contributed by atoms with Crippen molar-refractivity contribution in [1.82, 2.24) is 4.72 Å². The van der Waals surface area contributed by atoms with Gasteiger partial charge in [-0.3, -0.25) is 0 Å². The van der Waals surface area contributed by atoms with Gasteiger partial charge in [-0.2, -0.15) is 0 Å². The Morgan fingerprint density at radius 2 is 1.79 bits per heavy atom. The summed E-state index contributed by atoms with van der Waals surface area (Å²) < 4.78 is 27.9. The van der Waals surface area contributed by atoms with Crippen molar-refractivity contribution in [3.05, 3.63) is 36.4 Å². The Labute approximate surface area is 144 Å². The second kappa shape index (κ2) is 8.46. The van der Waals surface area contributed by atoms with E-state index in [0.29, 0.717) is 11.4 Å². The summed E-state index contributed by atoms with van der Waals surface area (Å²) in [5, 5.41) is 10.4. The molecule has 0 amide bonds. The molecule has 0 unspecified atom stereocenters. The second-order valence-corrected chi connectivity index (χ2v) is 7.83. The molecule has 2 aromatic carbocycles. The highest BCUT2D eigenvalue weighted by Gasteiger charge is 2.16. The third kappa shape index (κ3) is 4.69. The zero-order valence-corrected chi connectivity index (χ0v) is 15.1. The van der Waals surface area contributed by atoms with Crippen LogP contribution in [0.2, 0.25) is 0 Å². The first-order valence-electron chi connectivity index (χ1n) is 8.26. The molecule has 6 heteroatoms. The van der Waals surface area contributed by atoms with Crippen LogP contribution >= 0.6 is 0 Å². The van der Waals surface area contributed by atoms with Crippen LogP contribution in [0.25, 0.3) is 10.8 Å². The third-order valence-corrected chi connectivity index (χ3v) is 5.53. The molecule has 0 radical (unpaired) electrons. The molecule has 2 aromatic rings. The van der Waals surface area contributed by atoms with Crippen LogP contribution in [0.1, 0.15) is 25.7 Å². The van der Waals surface area contributed by atoms with Gasteiger partial charge in [0.05, 0.1) is 4.90 Å². The first kappa shape index (κ1) is 18.7. The molecule has 2 rings (SSSR count). The average Bonchev–Trinajstić information content (AvgIpc) is 2.56. The fourth-order valence-corrected chi connectivity index (χ4v) is 3.93. The van der Waals surface area contributed by atoms with Crippen LogP contribution in [0, 0.1) is 0 Å². The van der Waals surface area contributed by atoms with Crippen molar-refractivity contribution in [3.8, 4) is 0 Å². The van der Waals surface area contributed by atoms with Gasteiger partial charge in [-0.25, -0.2) is 13.1 Å². The van der Waals surface area contributed by atoms with E-state index < -0.39 is 10.0 Å². The number of hydrogen-bond acceptors (Lipinski definition) is 4. The summed E-state index contributed by atoms with van der Waals surface area (Å²) in [6, 6.07) is 11.1. The third-order valence-electron chi connectivity index (χ3n) is 4.01. The molecule has 0 saturated carbocycles. The quantitative estimate of drug-likeness (QED) is 0.682. The number of fused-ring (bicyclic) bond motifs is 1. The molecule has 0 fully saturated rings. The van der Waals surface area contributed by atoms with Gasteiger partial charge in [0.15, 0.2) is 0 Å². The van der Waals surface area contributed by atoms with Crippen molar-refractivity contribution in [2.24, 2.45) is 0 Å². The molecule has 2 N–H and O–H groups in total. The zero-order valence-electron chi connectivity index (χ0n) is 14.3. The summed E-state index contributed by atoms with van der Waals surface area (Å²) in [5.41, 5.74) is 1.04. The predicted octanol–water partition coefficient (Wildman–Crippen LogP) is 2.74. The molecule has 0 heterocycles. The Hall–Kier alpha value is -1.63. The lowest BCUT2D eigenvalue weighted by atomic mass is 10.1. The van der Waals surface area contributed by atoms with Gasteiger partial charge in [0.25, 0.3) is 0 Å². The fraction of sp³-hybridized carbons (Fsp3) is 0.444. The highest BCUT2D eigenvalue weighted by Crippen LogP contribution is 2.26. The van der Waals surface area contributed by atoms with Gasteiger partial charge in [-0.05, 0) is 36.4 Å². The number of aliphatic hydroxyl groups is 1. The summed E-state index contributed by atoms with van der Waals surface area (Å²) in [7, 11) is 0.391. The molecular formula is C18H26N2O3S. The van der Waals surface area contributed by atoms with E-state index in [1.807, 2.05) is 43.3 Å². The summed E-state index contributed by atoms with van der Waals surface area (Å²) in [6.07, 6.45) is 3.36. The number of anilines is 1. The van der Waals surface area contributed by atoms with E-state index in [1.165, 1.54) is 0 Å². The largest absolute Gasteiger partial charge is 0.396 e. The van der Waals surface area contributed by atoms with Crippen LogP contribution in [0.4, 0.5) is 5.69 Å². The molecular weight excluding hydrogens is 324 g/mol. The summed E-state index contributed by atoms with van der Waals surface area (Å²) in [6.45, 7) is 0.608. The summed E-state index contributed by atoms with van der Waals surface area (Å²) >= 11 is 0. The Morgan fingerprint density at radius 3 is 2.50 bits per heavy atom. The predicted molar refractivity (Wildman–Crippen MR) is 99.0 cm³/mol. The molecule has 0 aliphatic rings. The van der Waals surface area contributed by atoms with Crippen LogP contribution < -0.4 is 9.62 Å². The van der Waals surface area contributed by atoms with Crippen molar-refractivity contribution in [2.45, 2.75) is 30.6 Å². The van der Waals surface area contributed by atoms with E-state index in [9.17, 15) is 8.42 Å². The van der Waals surface area contributed by atoms with Gasteiger partial charge < -0.3 is 10.0 Å². The first-order chi connectivity index (χ1) is 11.5. The van der Waals surface area contributed by atoms with Crippen molar-refractivity contribution in [1.29, 1.82) is 0 Å². The Morgan fingerprint density at radius 1 is 1.04 bits per heavy atom. The first-order valence-corrected chi connectivity index (χ1v) is 9.74. The Balaban J connectivity index is 2.15. The van der Waals surface area contributed by atoms with Crippen molar-refractivity contribution in [3.63, 3.8) is 0 Å². The lowest BCUT2D eigenvalue weighted by Crippen LogP contribution is -2.25. The lowest BCUT2D eigenvalue weighted by Gasteiger charge is -2.14. The lowest BCUT2D eigenvalue weighted by molar-refractivity contribution is 0.282. The van der Waals surface area contributed by atoms with Crippen LogP contribution in [-0.2, 0) is 10.0 Å². The average molecular weight is 350 g/mol. The van der Waals surface area contributed by atoms with Crippen LogP contribution in [0.5, 0.6) is 0 Å². The molecule has 24 heavy (non-hydrogen) atoms. The number of unbranched alkanes of at least 4 members (excludes halogenated alkanes) is 3. The second-order valence-electron chi connectivity index (χ2n) is 6.09. The Bertz CT molecular complexity index is 773. The van der Waals surface area contributed by atoms with Gasteiger partial charge in [0, 0.05) is 38.3 Å². The number of aliphatic hydroxyl groups excluding tert-OH is 1. The van der Waals surface area contributed by atoms with E-state index in [4.69, 9.17) is 5.11 Å². The summed E-state index contributed by atoms with van der Waals surface area (Å²) in [5.74, 6) is 0. The zero-order chi connectivity index (χ0) is 17.6. The van der Waals surface area contributed by atoms with E-state index in [2.05, 4.69) is 4.72 Å². The maximum Gasteiger partial charge on any atom is 0.241 e. The topological polar surface area (TPSA) is 69.6 Å². The Kier molecular flexibility index (Phi) is 6.60. The van der Waals surface area contributed by atoms with Gasteiger partial charge in [-0.15, -0.1) is 0 Å². The molecule has 0 aliphatic heterocycles. The maximum atomic E-state index is 12.6. The summed E-state index contributed by atoms with van der Waals surface area (Å²) in [4.78, 5) is 2.31. The van der Waals surface area contributed by atoms with E-state index in [0.717, 1.165) is 42.1 Å². The molecule has 0 atom stereocenters. The highest BCUT2D eigenvalue weighted by molar-refractivity contribution is 7.89. The minimum absolute atomic E-state index is 0.191. The highest BCUT2D eigenvalue weighted by atomic mass is 32.2. The molecule has 0 bridgehead atoms. The molecule has 0 aliphatic carbocycles. The minimum Gasteiger partial charge on any atom is -0.396 e. The number of sulfonamides is 1. The van der Waals surface area contributed by atoms with E-state index in [1.54, 1.807) is 12.1 Å². The smallest absolute Gasteiger partial charge is 0.241 e. The fourth-order valence-electron chi connectivity index (χ4n) is 2.63. The van der Waals surface area contributed by atoms with Crippen LogP contribution in [-0.4, -0.2) is 40.8 Å². The number of nitrogens with zero attached hydrogens (tertiary/aromatic N) is 1. The normalized spacial score (nSPS) is 11.8. The van der Waals surface area contributed by atoms with Gasteiger partial charge in [0.2, 0.25) is 10.0 Å². The molecule has 0 aromatic heterocycles. The van der Waals surface area contributed by atoms with Crippen molar-refractivity contribution < 1.29 is 13.5 Å². The van der Waals surface area contributed by atoms with Gasteiger partial charge in [-0.1, -0.05) is 31.0 Å². The molecule has 5 nitrogen and oxygen atoms in total. The van der Waals surface area contributed by atoms with E-state index >= 15 is 0 Å². The molecule has 0 saturated heterocycles. The molecule has 132 valence electrons. The van der Waals surface area contributed by atoms with Gasteiger partial charge in [0.1, 0.15) is 0 Å².